The van der Waals surface area contributed by atoms with E-state index in [9.17, 15) is 0 Å². The minimum atomic E-state index is 0.120. The predicted octanol–water partition coefficient (Wildman–Crippen LogP) is 5.50. The summed E-state index contributed by atoms with van der Waals surface area (Å²) in [5, 5.41) is 3.38. The SMILES string of the molecule is Clc1cc2c(c3ccccc13)CCCCC2Cl. The van der Waals surface area contributed by atoms with Gasteiger partial charge >= 0.3 is 0 Å². The van der Waals surface area contributed by atoms with Gasteiger partial charge in [0.2, 0.25) is 0 Å². The molecule has 0 aromatic heterocycles. The van der Waals surface area contributed by atoms with Crippen LogP contribution in [-0.4, -0.2) is 0 Å². The summed E-state index contributed by atoms with van der Waals surface area (Å²) in [5.41, 5.74) is 2.65. The van der Waals surface area contributed by atoms with Crippen LogP contribution in [0, 0.1) is 0 Å². The van der Waals surface area contributed by atoms with Crippen molar-refractivity contribution < 1.29 is 0 Å². The van der Waals surface area contributed by atoms with Gasteiger partial charge in [-0.15, -0.1) is 11.6 Å². The molecule has 0 nitrogen and oxygen atoms in total. The van der Waals surface area contributed by atoms with Crippen LogP contribution in [0.25, 0.3) is 10.8 Å². The second-order valence-electron chi connectivity index (χ2n) is 4.69. The van der Waals surface area contributed by atoms with Crippen molar-refractivity contribution in [3.05, 3.63) is 46.5 Å². The van der Waals surface area contributed by atoms with E-state index in [0.29, 0.717) is 0 Å². The summed E-state index contributed by atoms with van der Waals surface area (Å²) in [7, 11) is 0. The monoisotopic (exact) mass is 264 g/mol. The molecule has 0 saturated carbocycles. The fourth-order valence-corrected chi connectivity index (χ4v) is 3.38. The topological polar surface area (TPSA) is 0 Å². The molecule has 0 fully saturated rings. The molecule has 1 aliphatic rings. The molecule has 0 amide bonds. The van der Waals surface area contributed by atoms with Gasteiger partial charge in [-0.25, -0.2) is 0 Å². The first kappa shape index (κ1) is 11.4. The molecule has 17 heavy (non-hydrogen) atoms. The molecule has 1 aliphatic carbocycles. The first-order chi connectivity index (χ1) is 8.27. The second-order valence-corrected chi connectivity index (χ2v) is 5.62. The van der Waals surface area contributed by atoms with Gasteiger partial charge in [-0.2, -0.15) is 0 Å². The summed E-state index contributed by atoms with van der Waals surface area (Å²) < 4.78 is 0. The molecule has 0 aliphatic heterocycles. The molecule has 0 radical (unpaired) electrons. The Hall–Kier alpha value is -0.720. The van der Waals surface area contributed by atoms with Crippen molar-refractivity contribution in [1.82, 2.24) is 0 Å². The van der Waals surface area contributed by atoms with E-state index in [4.69, 9.17) is 23.2 Å². The third kappa shape index (κ3) is 1.94. The molecule has 3 rings (SSSR count). The first-order valence-electron chi connectivity index (χ1n) is 6.11. The molecule has 0 N–H and O–H groups in total. The number of hydrogen-bond donors (Lipinski definition) is 0. The number of fused-ring (bicyclic) bond motifs is 3. The largest absolute Gasteiger partial charge is 0.118 e. The molecule has 2 aromatic rings. The lowest BCUT2D eigenvalue weighted by Gasteiger charge is -2.14. The molecule has 0 bridgehead atoms. The normalized spacial score (nSPS) is 20.0. The van der Waals surface area contributed by atoms with Crippen molar-refractivity contribution in [2.45, 2.75) is 31.1 Å². The Morgan fingerprint density at radius 2 is 1.82 bits per heavy atom. The maximum absolute atomic E-state index is 6.47. The van der Waals surface area contributed by atoms with Crippen LogP contribution in [0.5, 0.6) is 0 Å². The van der Waals surface area contributed by atoms with Crippen LogP contribution in [0.4, 0.5) is 0 Å². The Kier molecular flexibility index (Phi) is 3.02. The van der Waals surface area contributed by atoms with Gasteiger partial charge in [-0.1, -0.05) is 42.3 Å². The fourth-order valence-electron chi connectivity index (χ4n) is 2.75. The molecule has 1 unspecified atom stereocenters. The average Bonchev–Trinajstić information content (AvgIpc) is 2.53. The lowest BCUT2D eigenvalue weighted by Crippen LogP contribution is -1.95. The molecule has 0 spiro atoms. The van der Waals surface area contributed by atoms with Crippen LogP contribution in [0.2, 0.25) is 5.02 Å². The Bertz CT molecular complexity index is 560. The van der Waals surface area contributed by atoms with E-state index in [1.165, 1.54) is 29.4 Å². The lowest BCUT2D eigenvalue weighted by molar-refractivity contribution is 0.700. The first-order valence-corrected chi connectivity index (χ1v) is 6.93. The minimum Gasteiger partial charge on any atom is -0.118 e. The van der Waals surface area contributed by atoms with Gasteiger partial charge in [0, 0.05) is 10.4 Å². The zero-order valence-electron chi connectivity index (χ0n) is 9.55. The van der Waals surface area contributed by atoms with E-state index < -0.39 is 0 Å². The van der Waals surface area contributed by atoms with Crippen LogP contribution in [0.1, 0.15) is 35.8 Å². The van der Waals surface area contributed by atoms with Crippen LogP contribution in [0.3, 0.4) is 0 Å². The van der Waals surface area contributed by atoms with Gasteiger partial charge in [0.05, 0.1) is 5.38 Å². The third-order valence-corrected chi connectivity index (χ3v) is 4.38. The van der Waals surface area contributed by atoms with Crippen molar-refractivity contribution in [3.63, 3.8) is 0 Å². The van der Waals surface area contributed by atoms with Crippen molar-refractivity contribution in [1.29, 1.82) is 0 Å². The van der Waals surface area contributed by atoms with Gasteiger partial charge in [0.25, 0.3) is 0 Å². The van der Waals surface area contributed by atoms with Gasteiger partial charge in [-0.3, -0.25) is 0 Å². The van der Waals surface area contributed by atoms with E-state index >= 15 is 0 Å². The van der Waals surface area contributed by atoms with Gasteiger partial charge in [-0.05, 0) is 41.8 Å². The maximum atomic E-state index is 6.47. The van der Waals surface area contributed by atoms with Gasteiger partial charge in [0.15, 0.2) is 0 Å². The van der Waals surface area contributed by atoms with E-state index in [1.807, 2.05) is 6.07 Å². The van der Waals surface area contributed by atoms with E-state index in [1.54, 1.807) is 0 Å². The standard InChI is InChI=1S/C15H14Cl2/c16-14-8-4-3-6-11-10-5-1-2-7-12(10)15(17)9-13(11)14/h1-2,5,7,9,14H,3-4,6,8H2. The quantitative estimate of drug-likeness (QED) is 0.436. The fraction of sp³-hybridized carbons (Fsp3) is 0.333. The highest BCUT2D eigenvalue weighted by Gasteiger charge is 2.19. The number of alkyl halides is 1. The van der Waals surface area contributed by atoms with E-state index in [2.05, 4.69) is 24.3 Å². The average molecular weight is 265 g/mol. The predicted molar refractivity (Wildman–Crippen MR) is 75.1 cm³/mol. The van der Waals surface area contributed by atoms with Crippen molar-refractivity contribution in [3.8, 4) is 0 Å². The summed E-state index contributed by atoms with van der Waals surface area (Å²) in [6.45, 7) is 0. The summed E-state index contributed by atoms with van der Waals surface area (Å²) in [5.74, 6) is 0. The molecule has 0 saturated heterocycles. The number of halogens is 2. The summed E-state index contributed by atoms with van der Waals surface area (Å²) >= 11 is 12.8. The van der Waals surface area contributed by atoms with Crippen LogP contribution < -0.4 is 0 Å². The Morgan fingerprint density at radius 3 is 2.65 bits per heavy atom. The molecule has 1 atom stereocenters. The van der Waals surface area contributed by atoms with Crippen LogP contribution in [0.15, 0.2) is 30.3 Å². The number of aryl methyl sites for hydroxylation is 1. The van der Waals surface area contributed by atoms with Crippen molar-refractivity contribution in [2.75, 3.05) is 0 Å². The third-order valence-electron chi connectivity index (χ3n) is 3.61. The van der Waals surface area contributed by atoms with Crippen LogP contribution >= 0.6 is 23.2 Å². The molecular weight excluding hydrogens is 251 g/mol. The van der Waals surface area contributed by atoms with Gasteiger partial charge < -0.3 is 0 Å². The van der Waals surface area contributed by atoms with E-state index in [0.717, 1.165) is 23.3 Å². The smallest absolute Gasteiger partial charge is 0.0588 e. The molecule has 2 heteroatoms. The zero-order chi connectivity index (χ0) is 11.8. The highest BCUT2D eigenvalue weighted by Crippen LogP contribution is 2.39. The molecule has 2 aromatic carbocycles. The highest BCUT2D eigenvalue weighted by atomic mass is 35.5. The summed E-state index contributed by atoms with van der Waals surface area (Å²) in [6, 6.07) is 10.4. The minimum absolute atomic E-state index is 0.120. The zero-order valence-corrected chi connectivity index (χ0v) is 11.1. The van der Waals surface area contributed by atoms with Crippen LogP contribution in [-0.2, 0) is 6.42 Å². The second kappa shape index (κ2) is 4.51. The maximum Gasteiger partial charge on any atom is 0.0588 e. The number of rotatable bonds is 0. The molecular formula is C15H14Cl2. The Morgan fingerprint density at radius 1 is 1.06 bits per heavy atom. The van der Waals surface area contributed by atoms with Crippen molar-refractivity contribution >= 4 is 34.0 Å². The molecule has 88 valence electrons. The summed E-state index contributed by atoms with van der Waals surface area (Å²) in [6.07, 6.45) is 4.61. The van der Waals surface area contributed by atoms with Gasteiger partial charge in [0.1, 0.15) is 0 Å². The number of hydrogen-bond acceptors (Lipinski definition) is 0. The highest BCUT2D eigenvalue weighted by molar-refractivity contribution is 6.36. The Balaban J connectivity index is 2.34. The lowest BCUT2D eigenvalue weighted by atomic mass is 9.95. The summed E-state index contributed by atoms with van der Waals surface area (Å²) in [4.78, 5) is 0. The van der Waals surface area contributed by atoms with Crippen molar-refractivity contribution in [2.24, 2.45) is 0 Å². The van der Waals surface area contributed by atoms with E-state index in [-0.39, 0.29) is 5.38 Å². The number of benzene rings is 2. The molecule has 0 heterocycles. The Labute approximate surface area is 112 Å².